The number of ether oxygens (including phenoxy) is 6. The van der Waals surface area contributed by atoms with Crippen LogP contribution in [0.4, 0.5) is 4.79 Å². The molecule has 11 atom stereocenters. The summed E-state index contributed by atoms with van der Waals surface area (Å²) in [6, 6.07) is -1.04. The van der Waals surface area contributed by atoms with Crippen LogP contribution in [0.5, 0.6) is 0 Å². The summed E-state index contributed by atoms with van der Waals surface area (Å²) < 4.78 is 32.3. The number of carbonyl (C=O) groups is 3. The number of rotatable bonds is 24. The van der Waals surface area contributed by atoms with Crippen LogP contribution in [-0.4, -0.2) is 174 Å². The molecule has 0 saturated carbocycles. The van der Waals surface area contributed by atoms with Gasteiger partial charge in [0.05, 0.1) is 38.6 Å². The lowest BCUT2D eigenvalue weighted by molar-refractivity contribution is -0.424. The third-order valence-electron chi connectivity index (χ3n) is 8.35. The molecule has 3 amide bonds. The third kappa shape index (κ3) is 18.1. The molecule has 0 aromatic rings. The SMILES string of the molecule is C[C@@H]1O[C@@H](OCCCCCCNC(=O)CC[C@H](NC(=O)OC(C)(C)C)C(=O)NCCOCCOCCOO[C@@H]2O[C@@H](C)[C@@H](O)[C@@H](O)[C@@H]2O)[C@@H](O)[C@H](O)[C@@H]1O. The van der Waals surface area contributed by atoms with Crippen LogP contribution in [0, 0.1) is 0 Å². The summed E-state index contributed by atoms with van der Waals surface area (Å²) in [7, 11) is 0. The van der Waals surface area contributed by atoms with E-state index in [1.165, 1.54) is 6.92 Å². The predicted molar refractivity (Wildman–Crippen MR) is 186 cm³/mol. The van der Waals surface area contributed by atoms with Crippen LogP contribution >= 0.6 is 0 Å². The van der Waals surface area contributed by atoms with Crippen molar-refractivity contribution < 1.29 is 83.2 Å². The van der Waals surface area contributed by atoms with Crippen molar-refractivity contribution in [1.82, 2.24) is 16.0 Å². The molecule has 0 aromatic carbocycles. The second-order valence-corrected chi connectivity index (χ2v) is 14.2. The number of aliphatic hydroxyl groups is 6. The lowest BCUT2D eigenvalue weighted by atomic mass is 10.0. The van der Waals surface area contributed by atoms with E-state index in [1.54, 1.807) is 27.7 Å². The standard InChI is InChI=1S/C34H63N3O17/c1-20-24(39)26(41)28(43)31(51-20)49-14-9-7-6-8-12-35-23(38)11-10-22(37-33(46)53-34(3,4)5)30(45)36-13-15-47-16-17-48-18-19-50-54-32-29(44)27(42)25(40)21(2)52-32/h20-22,24-29,31-32,39-44H,6-19H2,1-5H3,(H,35,38)(H,36,45)(H,37,46)/t20-,21-,22-,24+,25+,26+,27+,28-,29-,31+,32-/m0/s1. The summed E-state index contributed by atoms with van der Waals surface area (Å²) in [5.74, 6) is -0.795. The molecule has 0 spiro atoms. The number of unbranched alkanes of at least 4 members (excludes halogenated alkanes) is 3. The quantitative estimate of drug-likeness (QED) is 0.0294. The molecule has 2 aliphatic rings. The highest BCUT2D eigenvalue weighted by Gasteiger charge is 2.43. The Kier molecular flexibility index (Phi) is 22.2. The van der Waals surface area contributed by atoms with E-state index in [2.05, 4.69) is 16.0 Å². The van der Waals surface area contributed by atoms with E-state index < -0.39 is 85.1 Å². The van der Waals surface area contributed by atoms with Gasteiger partial charge in [0.25, 0.3) is 0 Å². The smallest absolute Gasteiger partial charge is 0.408 e. The van der Waals surface area contributed by atoms with Crippen LogP contribution in [0.2, 0.25) is 0 Å². The minimum atomic E-state index is -1.49. The van der Waals surface area contributed by atoms with E-state index >= 15 is 0 Å². The zero-order chi connectivity index (χ0) is 40.3. The Morgan fingerprint density at radius 3 is 1.89 bits per heavy atom. The van der Waals surface area contributed by atoms with Crippen molar-refractivity contribution in [2.75, 3.05) is 52.7 Å². The van der Waals surface area contributed by atoms with E-state index in [1.807, 2.05) is 0 Å². The predicted octanol–water partition coefficient (Wildman–Crippen LogP) is -1.89. The van der Waals surface area contributed by atoms with Gasteiger partial charge in [-0.1, -0.05) is 12.8 Å². The molecule has 0 bridgehead atoms. The molecule has 0 unspecified atom stereocenters. The highest BCUT2D eigenvalue weighted by Crippen LogP contribution is 2.23. The Hall–Kier alpha value is -2.31. The molecule has 2 fully saturated rings. The van der Waals surface area contributed by atoms with Crippen molar-refractivity contribution >= 4 is 17.9 Å². The average molecular weight is 786 g/mol. The van der Waals surface area contributed by atoms with Crippen LogP contribution in [0.1, 0.15) is 73.1 Å². The summed E-state index contributed by atoms with van der Waals surface area (Å²) in [5.41, 5.74) is -0.793. The fraction of sp³-hybridized carbons (Fsp3) is 0.912. The minimum absolute atomic E-state index is 0.0134. The van der Waals surface area contributed by atoms with E-state index in [0.29, 0.717) is 19.4 Å². The summed E-state index contributed by atoms with van der Waals surface area (Å²) in [4.78, 5) is 47.7. The first kappa shape index (κ1) is 47.8. The molecule has 0 aliphatic carbocycles. The van der Waals surface area contributed by atoms with Gasteiger partial charge in [-0.05, 0) is 53.9 Å². The highest BCUT2D eigenvalue weighted by atomic mass is 17.2. The fourth-order valence-electron chi connectivity index (χ4n) is 5.23. The molecule has 20 nitrogen and oxygen atoms in total. The Bertz CT molecular complexity index is 1080. The maximum Gasteiger partial charge on any atom is 0.408 e. The summed E-state index contributed by atoms with van der Waals surface area (Å²) in [6.07, 6.45) is -9.63. The molecular formula is C34H63N3O17. The van der Waals surface area contributed by atoms with Crippen molar-refractivity contribution in [3.63, 3.8) is 0 Å². The molecule has 2 rings (SSSR count). The van der Waals surface area contributed by atoms with E-state index in [-0.39, 0.29) is 64.9 Å². The number of carbonyl (C=O) groups excluding carboxylic acids is 3. The third-order valence-corrected chi connectivity index (χ3v) is 8.35. The van der Waals surface area contributed by atoms with Gasteiger partial charge in [0.15, 0.2) is 6.29 Å². The fourth-order valence-corrected chi connectivity index (χ4v) is 5.23. The molecule has 20 heteroatoms. The van der Waals surface area contributed by atoms with Gasteiger partial charge in [-0.15, -0.1) is 0 Å². The summed E-state index contributed by atoms with van der Waals surface area (Å²) in [6.45, 7) is 9.65. The molecule has 9 N–H and O–H groups in total. The van der Waals surface area contributed by atoms with Gasteiger partial charge in [-0.25, -0.2) is 14.6 Å². The van der Waals surface area contributed by atoms with E-state index in [9.17, 15) is 45.0 Å². The van der Waals surface area contributed by atoms with Crippen LogP contribution in [0.25, 0.3) is 0 Å². The van der Waals surface area contributed by atoms with Crippen molar-refractivity contribution in [2.24, 2.45) is 0 Å². The number of hydrogen-bond acceptors (Lipinski definition) is 17. The maximum atomic E-state index is 12.9. The number of hydrogen-bond donors (Lipinski definition) is 9. The Balaban J connectivity index is 1.57. The maximum absolute atomic E-state index is 12.9. The molecule has 54 heavy (non-hydrogen) atoms. The average Bonchev–Trinajstić information content (AvgIpc) is 3.11. The van der Waals surface area contributed by atoms with Crippen LogP contribution < -0.4 is 16.0 Å². The topological polar surface area (TPSA) is 283 Å². The largest absolute Gasteiger partial charge is 0.444 e. The highest BCUT2D eigenvalue weighted by molar-refractivity contribution is 5.86. The molecule has 2 aliphatic heterocycles. The number of alkyl carbamates (subject to hydrolysis) is 1. The number of aliphatic hydroxyl groups excluding tert-OH is 6. The van der Waals surface area contributed by atoms with Crippen molar-refractivity contribution in [3.8, 4) is 0 Å². The van der Waals surface area contributed by atoms with Gasteiger partial charge in [-0.3, -0.25) is 9.59 Å². The lowest BCUT2D eigenvalue weighted by Crippen LogP contribution is -2.57. The number of amides is 3. The molecular weight excluding hydrogens is 722 g/mol. The van der Waals surface area contributed by atoms with Crippen LogP contribution in [0.15, 0.2) is 0 Å². The zero-order valence-electron chi connectivity index (χ0n) is 31.9. The summed E-state index contributed by atoms with van der Waals surface area (Å²) in [5, 5.41) is 67.0. The van der Waals surface area contributed by atoms with Gasteiger partial charge < -0.3 is 75.0 Å². The van der Waals surface area contributed by atoms with Gasteiger partial charge in [-0.2, -0.15) is 0 Å². The van der Waals surface area contributed by atoms with Crippen LogP contribution in [0.3, 0.4) is 0 Å². The molecule has 2 saturated heterocycles. The van der Waals surface area contributed by atoms with Gasteiger partial charge in [0.1, 0.15) is 54.9 Å². The zero-order valence-corrected chi connectivity index (χ0v) is 31.9. The second kappa shape index (κ2) is 25.0. The molecule has 0 aromatic heterocycles. The van der Waals surface area contributed by atoms with Crippen LogP contribution in [-0.2, 0) is 47.8 Å². The van der Waals surface area contributed by atoms with Crippen molar-refractivity contribution in [1.29, 1.82) is 0 Å². The van der Waals surface area contributed by atoms with E-state index in [4.69, 9.17) is 38.2 Å². The summed E-state index contributed by atoms with van der Waals surface area (Å²) >= 11 is 0. The Labute approximate surface area is 316 Å². The first-order valence-corrected chi connectivity index (χ1v) is 18.5. The Morgan fingerprint density at radius 2 is 1.24 bits per heavy atom. The van der Waals surface area contributed by atoms with Crippen molar-refractivity contribution in [3.05, 3.63) is 0 Å². The van der Waals surface area contributed by atoms with Gasteiger partial charge in [0, 0.05) is 26.1 Å². The first-order chi connectivity index (χ1) is 25.5. The second-order valence-electron chi connectivity index (χ2n) is 14.2. The number of nitrogens with one attached hydrogen (secondary N) is 3. The monoisotopic (exact) mass is 785 g/mol. The van der Waals surface area contributed by atoms with Crippen molar-refractivity contribution in [2.45, 2.75) is 146 Å². The molecule has 2 heterocycles. The first-order valence-electron chi connectivity index (χ1n) is 18.5. The molecule has 0 radical (unpaired) electrons. The van der Waals surface area contributed by atoms with E-state index in [0.717, 1.165) is 12.8 Å². The normalized spacial score (nSPS) is 29.3. The molecule has 316 valence electrons. The van der Waals surface area contributed by atoms with Gasteiger partial charge >= 0.3 is 6.09 Å². The Morgan fingerprint density at radius 1 is 0.667 bits per heavy atom. The lowest BCUT2D eigenvalue weighted by Gasteiger charge is -2.38. The van der Waals surface area contributed by atoms with Gasteiger partial charge in [0.2, 0.25) is 18.1 Å². The minimum Gasteiger partial charge on any atom is -0.444 e.